The van der Waals surface area contributed by atoms with Gasteiger partial charge in [0.05, 0.1) is 11.3 Å². The molecule has 1 fully saturated rings. The molecule has 4 rings (SSSR count). The Morgan fingerprint density at radius 1 is 0.969 bits per heavy atom. The van der Waals surface area contributed by atoms with Crippen molar-refractivity contribution in [1.29, 1.82) is 0 Å². The number of carbonyl (C=O) groups excluding carboxylic acids is 2. The fourth-order valence-electron chi connectivity index (χ4n) is 3.93. The topological polar surface area (TPSA) is 56.2 Å². The highest BCUT2D eigenvalue weighted by Crippen LogP contribution is 2.32. The van der Waals surface area contributed by atoms with E-state index in [4.69, 9.17) is 0 Å². The normalized spacial score (nSPS) is 17.4. The summed E-state index contributed by atoms with van der Waals surface area (Å²) in [7, 11) is 0. The smallest absolute Gasteiger partial charge is 0.368 e. The molecule has 2 heterocycles. The Morgan fingerprint density at radius 3 is 2.38 bits per heavy atom. The minimum absolute atomic E-state index is 0.162. The number of hydrazone groups is 1. The van der Waals surface area contributed by atoms with E-state index in [1.807, 2.05) is 30.0 Å². The lowest BCUT2D eigenvalue weighted by Crippen LogP contribution is -2.51. The van der Waals surface area contributed by atoms with E-state index in [0.717, 1.165) is 17.7 Å². The van der Waals surface area contributed by atoms with Gasteiger partial charge in [0.2, 0.25) is 5.91 Å². The van der Waals surface area contributed by atoms with E-state index in [1.165, 1.54) is 11.1 Å². The zero-order valence-electron chi connectivity index (χ0n) is 17.6. The van der Waals surface area contributed by atoms with Crippen molar-refractivity contribution in [3.8, 4) is 0 Å². The number of halogens is 3. The van der Waals surface area contributed by atoms with Gasteiger partial charge < -0.3 is 9.80 Å². The summed E-state index contributed by atoms with van der Waals surface area (Å²) < 4.78 is 39.0. The van der Waals surface area contributed by atoms with Gasteiger partial charge in [0.15, 0.2) is 0 Å². The van der Waals surface area contributed by atoms with E-state index in [0.29, 0.717) is 43.3 Å². The zero-order chi connectivity index (χ0) is 22.9. The third kappa shape index (κ3) is 4.46. The van der Waals surface area contributed by atoms with Crippen molar-refractivity contribution in [3.63, 3.8) is 0 Å². The van der Waals surface area contributed by atoms with E-state index in [1.54, 1.807) is 17.0 Å². The number of anilines is 2. The van der Waals surface area contributed by atoms with Crippen LogP contribution in [0.3, 0.4) is 0 Å². The van der Waals surface area contributed by atoms with Gasteiger partial charge in [-0.15, -0.1) is 0 Å². The van der Waals surface area contributed by atoms with E-state index in [2.05, 4.69) is 5.10 Å². The number of alkyl halides is 3. The fourth-order valence-corrected chi connectivity index (χ4v) is 3.93. The minimum atomic E-state index is -4.40. The molecule has 2 amide bonds. The summed E-state index contributed by atoms with van der Waals surface area (Å²) in [6.07, 6.45) is -3.93. The molecular formula is C23H23F3N4O2. The number of carbonyl (C=O) groups is 2. The number of benzene rings is 2. The summed E-state index contributed by atoms with van der Waals surface area (Å²) in [6.45, 7) is 3.45. The fraction of sp³-hybridized carbons (Fsp3) is 0.348. The van der Waals surface area contributed by atoms with Crippen molar-refractivity contribution in [1.82, 2.24) is 4.90 Å². The van der Waals surface area contributed by atoms with Gasteiger partial charge in [0.1, 0.15) is 5.71 Å². The predicted octanol–water partition coefficient (Wildman–Crippen LogP) is 3.85. The van der Waals surface area contributed by atoms with Crippen molar-refractivity contribution in [2.45, 2.75) is 25.9 Å². The first kappa shape index (κ1) is 21.9. The Bertz CT molecular complexity index is 1060. The SMILES string of the molecule is Cc1ccccc1N1N=C(C(=O)N2CCN(c3cccc(C(F)(F)F)c3)CC2)CCC1=O. The number of amides is 2. The molecule has 0 bridgehead atoms. The molecule has 0 saturated carbocycles. The lowest BCUT2D eigenvalue weighted by atomic mass is 10.1. The van der Waals surface area contributed by atoms with Crippen LogP contribution in [-0.4, -0.2) is 48.6 Å². The quantitative estimate of drug-likeness (QED) is 0.723. The Balaban J connectivity index is 1.45. The Morgan fingerprint density at radius 2 is 1.69 bits per heavy atom. The highest BCUT2D eigenvalue weighted by atomic mass is 19.4. The van der Waals surface area contributed by atoms with Crippen LogP contribution in [0, 0.1) is 6.92 Å². The molecule has 2 aromatic carbocycles. The van der Waals surface area contributed by atoms with Gasteiger partial charge >= 0.3 is 6.18 Å². The van der Waals surface area contributed by atoms with Crippen molar-refractivity contribution in [2.24, 2.45) is 5.10 Å². The molecule has 32 heavy (non-hydrogen) atoms. The van der Waals surface area contributed by atoms with Gasteiger partial charge in [-0.2, -0.15) is 18.3 Å². The molecule has 0 N–H and O–H groups in total. The highest BCUT2D eigenvalue weighted by Gasteiger charge is 2.32. The lowest BCUT2D eigenvalue weighted by Gasteiger charge is -2.37. The summed E-state index contributed by atoms with van der Waals surface area (Å²) >= 11 is 0. The lowest BCUT2D eigenvalue weighted by molar-refractivity contribution is -0.137. The number of hydrogen-bond donors (Lipinski definition) is 0. The van der Waals surface area contributed by atoms with Gasteiger partial charge in [-0.3, -0.25) is 9.59 Å². The van der Waals surface area contributed by atoms with Crippen LogP contribution in [0.25, 0.3) is 0 Å². The van der Waals surface area contributed by atoms with Gasteiger partial charge in [0, 0.05) is 44.7 Å². The van der Waals surface area contributed by atoms with Crippen LogP contribution in [0.5, 0.6) is 0 Å². The van der Waals surface area contributed by atoms with Crippen molar-refractivity contribution < 1.29 is 22.8 Å². The van der Waals surface area contributed by atoms with Crippen molar-refractivity contribution in [3.05, 3.63) is 59.7 Å². The largest absolute Gasteiger partial charge is 0.416 e. The molecule has 2 aliphatic heterocycles. The van der Waals surface area contributed by atoms with E-state index < -0.39 is 11.7 Å². The molecule has 0 aromatic heterocycles. The zero-order valence-corrected chi connectivity index (χ0v) is 17.6. The Kier molecular flexibility index (Phi) is 5.90. The molecule has 2 aromatic rings. The van der Waals surface area contributed by atoms with Gasteiger partial charge in [0.25, 0.3) is 5.91 Å². The molecule has 0 unspecified atom stereocenters. The second-order valence-electron chi connectivity index (χ2n) is 7.87. The van der Waals surface area contributed by atoms with Crippen molar-refractivity contribution >= 4 is 28.9 Å². The number of para-hydroxylation sites is 1. The first-order chi connectivity index (χ1) is 15.2. The number of piperazine rings is 1. The molecular weight excluding hydrogens is 421 g/mol. The molecule has 0 aliphatic carbocycles. The summed E-state index contributed by atoms with van der Waals surface area (Å²) in [6, 6.07) is 12.6. The first-order valence-electron chi connectivity index (χ1n) is 10.4. The number of aryl methyl sites for hydroxylation is 1. The molecule has 2 aliphatic rings. The Labute approximate surface area is 183 Å². The van der Waals surface area contributed by atoms with Gasteiger partial charge in [-0.1, -0.05) is 24.3 Å². The average molecular weight is 444 g/mol. The van der Waals surface area contributed by atoms with Crippen LogP contribution < -0.4 is 9.91 Å². The summed E-state index contributed by atoms with van der Waals surface area (Å²) in [5.74, 6) is -0.398. The van der Waals surface area contributed by atoms with Crippen LogP contribution in [0.15, 0.2) is 53.6 Å². The second kappa shape index (κ2) is 8.64. The third-order valence-corrected chi connectivity index (χ3v) is 5.73. The van der Waals surface area contributed by atoms with E-state index in [9.17, 15) is 22.8 Å². The standard InChI is InChI=1S/C23H23F3N4O2/c1-16-5-2-3-8-20(16)30-21(31)10-9-19(27-30)22(32)29-13-11-28(12-14-29)18-7-4-6-17(15-18)23(24,25)26/h2-8,15H,9-14H2,1H3. The molecule has 9 heteroatoms. The van der Waals surface area contributed by atoms with Gasteiger partial charge in [-0.05, 0) is 36.8 Å². The molecule has 0 spiro atoms. The maximum absolute atomic E-state index is 13.0. The molecule has 1 saturated heterocycles. The summed E-state index contributed by atoms with van der Waals surface area (Å²) in [4.78, 5) is 28.9. The summed E-state index contributed by atoms with van der Waals surface area (Å²) in [5.41, 5.74) is 1.65. The first-order valence-corrected chi connectivity index (χ1v) is 10.4. The van der Waals surface area contributed by atoms with Crippen LogP contribution >= 0.6 is 0 Å². The van der Waals surface area contributed by atoms with Crippen LogP contribution in [0.2, 0.25) is 0 Å². The van der Waals surface area contributed by atoms with Crippen LogP contribution in [0.4, 0.5) is 24.5 Å². The Hall–Kier alpha value is -3.36. The number of hydrogen-bond acceptors (Lipinski definition) is 4. The van der Waals surface area contributed by atoms with E-state index in [-0.39, 0.29) is 24.7 Å². The predicted molar refractivity (Wildman–Crippen MR) is 116 cm³/mol. The van der Waals surface area contributed by atoms with Crippen LogP contribution in [-0.2, 0) is 15.8 Å². The molecule has 0 atom stereocenters. The average Bonchev–Trinajstić information content (AvgIpc) is 2.79. The highest BCUT2D eigenvalue weighted by molar-refractivity contribution is 6.40. The molecule has 168 valence electrons. The third-order valence-electron chi connectivity index (χ3n) is 5.73. The maximum atomic E-state index is 13.0. The maximum Gasteiger partial charge on any atom is 0.416 e. The number of rotatable bonds is 3. The van der Waals surface area contributed by atoms with Crippen LogP contribution in [0.1, 0.15) is 24.0 Å². The molecule has 0 radical (unpaired) electrons. The van der Waals surface area contributed by atoms with E-state index >= 15 is 0 Å². The van der Waals surface area contributed by atoms with Crippen molar-refractivity contribution in [2.75, 3.05) is 36.1 Å². The number of nitrogens with zero attached hydrogens (tertiary/aromatic N) is 4. The second-order valence-corrected chi connectivity index (χ2v) is 7.87. The minimum Gasteiger partial charge on any atom is -0.368 e. The monoisotopic (exact) mass is 444 g/mol. The summed E-state index contributed by atoms with van der Waals surface area (Å²) in [5, 5.41) is 5.65. The molecule has 6 nitrogen and oxygen atoms in total. The van der Waals surface area contributed by atoms with Gasteiger partial charge in [-0.25, -0.2) is 5.01 Å².